The topological polar surface area (TPSA) is 22.8 Å². The highest BCUT2D eigenvalue weighted by Gasteiger charge is 2.20. The molecule has 0 saturated carbocycles. The summed E-state index contributed by atoms with van der Waals surface area (Å²) in [5.41, 5.74) is 10.2. The Kier molecular flexibility index (Phi) is 3.82. The van der Waals surface area contributed by atoms with Gasteiger partial charge in [0.25, 0.3) is 0 Å². The van der Waals surface area contributed by atoms with Crippen molar-refractivity contribution in [2.24, 2.45) is 0 Å². The average Bonchev–Trinajstić information content (AvgIpc) is 3.60. The second-order valence-electron chi connectivity index (χ2n) is 8.90. The Labute approximate surface area is 205 Å². The van der Waals surface area contributed by atoms with Crippen LogP contribution < -0.4 is 0 Å². The number of hydrogen-bond acceptors (Lipinski definition) is 2. The quantitative estimate of drug-likeness (QED) is 0.251. The predicted molar refractivity (Wildman–Crippen MR) is 148 cm³/mol. The van der Waals surface area contributed by atoms with E-state index in [1.807, 2.05) is 5.51 Å². The van der Waals surface area contributed by atoms with Crippen LogP contribution >= 0.6 is 11.3 Å². The van der Waals surface area contributed by atoms with E-state index < -0.39 is 0 Å². The summed E-state index contributed by atoms with van der Waals surface area (Å²) in [5.74, 6) is 0. The van der Waals surface area contributed by atoms with Crippen LogP contribution in [0.5, 0.6) is 0 Å². The Morgan fingerprint density at radius 1 is 0.543 bits per heavy atom. The normalized spacial score (nSPS) is 12.0. The van der Waals surface area contributed by atoms with Gasteiger partial charge in [-0.1, -0.05) is 60.7 Å². The zero-order valence-electron chi connectivity index (χ0n) is 18.7. The number of nitrogens with zero attached hydrogens (tertiary/aromatic N) is 3. The first-order chi connectivity index (χ1) is 17.4. The Morgan fingerprint density at radius 3 is 2.14 bits per heavy atom. The summed E-state index contributed by atoms with van der Waals surface area (Å²) in [6, 6.07) is 39.3. The van der Waals surface area contributed by atoms with E-state index in [2.05, 4.69) is 123 Å². The van der Waals surface area contributed by atoms with Gasteiger partial charge < -0.3 is 9.13 Å². The van der Waals surface area contributed by atoms with Gasteiger partial charge in [-0.15, -0.1) is 11.3 Å². The van der Waals surface area contributed by atoms with Crippen molar-refractivity contribution in [3.63, 3.8) is 0 Å². The van der Waals surface area contributed by atoms with Crippen LogP contribution in [-0.2, 0) is 0 Å². The third-order valence-electron chi connectivity index (χ3n) is 7.06. The van der Waals surface area contributed by atoms with Crippen molar-refractivity contribution in [2.75, 3.05) is 0 Å². The van der Waals surface area contributed by atoms with Crippen molar-refractivity contribution < 1.29 is 0 Å². The lowest BCUT2D eigenvalue weighted by Gasteiger charge is -2.10. The molecule has 35 heavy (non-hydrogen) atoms. The van der Waals surface area contributed by atoms with Crippen LogP contribution in [0.15, 0.2) is 115 Å². The smallest absolute Gasteiger partial charge is 0.0813 e. The molecule has 0 aliphatic carbocycles. The number of hydrogen-bond donors (Lipinski definition) is 0. The summed E-state index contributed by atoms with van der Waals surface area (Å²) in [4.78, 5) is 4.50. The molecular formula is C31H19N3S. The van der Waals surface area contributed by atoms with Gasteiger partial charge >= 0.3 is 0 Å². The van der Waals surface area contributed by atoms with E-state index in [4.69, 9.17) is 0 Å². The minimum atomic E-state index is 1.05. The highest BCUT2D eigenvalue weighted by Crippen LogP contribution is 2.42. The molecule has 3 heterocycles. The maximum absolute atomic E-state index is 4.50. The van der Waals surface area contributed by atoms with Gasteiger partial charge in [-0.25, -0.2) is 4.98 Å². The van der Waals surface area contributed by atoms with Crippen LogP contribution in [0.25, 0.3) is 65.2 Å². The molecule has 164 valence electrons. The molecule has 0 N–H and O–H groups in total. The summed E-state index contributed by atoms with van der Waals surface area (Å²) in [6.07, 6.45) is 0. The summed E-state index contributed by atoms with van der Waals surface area (Å²) in [7, 11) is 0. The summed E-state index contributed by atoms with van der Waals surface area (Å²) in [6.45, 7) is 0. The molecule has 3 aromatic heterocycles. The first-order valence-electron chi connectivity index (χ1n) is 11.7. The molecule has 0 bridgehead atoms. The number of aromatic nitrogens is 3. The lowest BCUT2D eigenvalue weighted by atomic mass is 10.1. The number of para-hydroxylation sites is 3. The monoisotopic (exact) mass is 465 g/mol. The molecule has 0 unspecified atom stereocenters. The molecular weight excluding hydrogens is 446 g/mol. The Bertz CT molecular complexity index is 2060. The van der Waals surface area contributed by atoms with E-state index >= 15 is 0 Å². The van der Waals surface area contributed by atoms with Crippen molar-refractivity contribution in [1.29, 1.82) is 0 Å². The molecule has 0 fully saturated rings. The van der Waals surface area contributed by atoms with Crippen LogP contribution in [-0.4, -0.2) is 14.1 Å². The van der Waals surface area contributed by atoms with E-state index in [9.17, 15) is 0 Å². The van der Waals surface area contributed by atoms with Gasteiger partial charge in [0, 0.05) is 32.9 Å². The standard InChI is InChI=1S/C31H19N3S/c1-2-8-20(9-3-1)33-27-13-7-5-11-24(27)30-28(33)17-15-23-22-10-4-6-12-26(22)34(31(23)30)21-14-16-25-29(18-21)35-19-32-25/h1-19H. The number of rotatable bonds is 2. The molecule has 0 saturated heterocycles. The van der Waals surface area contributed by atoms with Crippen molar-refractivity contribution >= 4 is 65.2 Å². The molecule has 0 aliphatic rings. The molecule has 4 heteroatoms. The van der Waals surface area contributed by atoms with E-state index in [1.165, 1.54) is 54.0 Å². The molecule has 3 nitrogen and oxygen atoms in total. The lowest BCUT2D eigenvalue weighted by molar-refractivity contribution is 1.18. The maximum Gasteiger partial charge on any atom is 0.0813 e. The van der Waals surface area contributed by atoms with Gasteiger partial charge in [0.05, 0.1) is 37.8 Å². The van der Waals surface area contributed by atoms with Crippen LogP contribution in [0.2, 0.25) is 0 Å². The zero-order chi connectivity index (χ0) is 22.9. The maximum atomic E-state index is 4.50. The minimum Gasteiger partial charge on any atom is -0.309 e. The van der Waals surface area contributed by atoms with Crippen LogP contribution in [0.4, 0.5) is 0 Å². The van der Waals surface area contributed by atoms with Gasteiger partial charge in [-0.05, 0) is 48.5 Å². The van der Waals surface area contributed by atoms with Gasteiger partial charge in [-0.2, -0.15) is 0 Å². The lowest BCUT2D eigenvalue weighted by Crippen LogP contribution is -1.95. The van der Waals surface area contributed by atoms with Crippen LogP contribution in [0, 0.1) is 0 Å². The average molecular weight is 466 g/mol. The molecule has 5 aromatic carbocycles. The zero-order valence-corrected chi connectivity index (χ0v) is 19.5. The second kappa shape index (κ2) is 7.05. The fourth-order valence-corrected chi connectivity index (χ4v) is 6.33. The predicted octanol–water partition coefficient (Wildman–Crippen LogP) is 8.49. The molecule has 0 aliphatic heterocycles. The summed E-state index contributed by atoms with van der Waals surface area (Å²) < 4.78 is 6.03. The van der Waals surface area contributed by atoms with Crippen LogP contribution in [0.3, 0.4) is 0 Å². The molecule has 0 atom stereocenters. The largest absolute Gasteiger partial charge is 0.309 e. The Hall–Kier alpha value is -4.41. The molecule has 8 aromatic rings. The third kappa shape index (κ3) is 2.57. The van der Waals surface area contributed by atoms with E-state index in [-0.39, 0.29) is 0 Å². The number of thiazole rings is 1. The van der Waals surface area contributed by atoms with Crippen molar-refractivity contribution in [1.82, 2.24) is 14.1 Å². The summed E-state index contributed by atoms with van der Waals surface area (Å²) >= 11 is 1.69. The molecule has 0 amide bonds. The highest BCUT2D eigenvalue weighted by molar-refractivity contribution is 7.16. The molecule has 0 spiro atoms. The Morgan fingerprint density at radius 2 is 1.29 bits per heavy atom. The van der Waals surface area contributed by atoms with Gasteiger partial charge in [0.15, 0.2) is 0 Å². The van der Waals surface area contributed by atoms with E-state index in [0.29, 0.717) is 0 Å². The van der Waals surface area contributed by atoms with E-state index in [1.54, 1.807) is 11.3 Å². The van der Waals surface area contributed by atoms with Gasteiger partial charge in [0.2, 0.25) is 0 Å². The number of fused-ring (bicyclic) bond motifs is 8. The first-order valence-corrected chi connectivity index (χ1v) is 12.6. The SMILES string of the molecule is c1ccc(-n2c3ccccc3c3c2ccc2c4ccccc4n(-c4ccc5ncsc5c4)c23)cc1. The minimum absolute atomic E-state index is 1.05. The van der Waals surface area contributed by atoms with E-state index in [0.717, 1.165) is 11.2 Å². The number of benzene rings is 5. The van der Waals surface area contributed by atoms with Crippen molar-refractivity contribution in [3.05, 3.63) is 115 Å². The van der Waals surface area contributed by atoms with Crippen molar-refractivity contribution in [3.8, 4) is 11.4 Å². The van der Waals surface area contributed by atoms with Crippen LogP contribution in [0.1, 0.15) is 0 Å². The second-order valence-corrected chi connectivity index (χ2v) is 9.79. The van der Waals surface area contributed by atoms with Gasteiger partial charge in [0.1, 0.15) is 0 Å². The summed E-state index contributed by atoms with van der Waals surface area (Å²) in [5, 5.41) is 5.08. The molecule has 0 radical (unpaired) electrons. The van der Waals surface area contributed by atoms with Gasteiger partial charge in [-0.3, -0.25) is 0 Å². The first kappa shape index (κ1) is 19.0. The highest BCUT2D eigenvalue weighted by atomic mass is 32.1. The third-order valence-corrected chi connectivity index (χ3v) is 7.85. The fraction of sp³-hybridized carbons (Fsp3) is 0. The van der Waals surface area contributed by atoms with Crippen molar-refractivity contribution in [2.45, 2.75) is 0 Å². The molecule has 8 rings (SSSR count). The fourth-order valence-electron chi connectivity index (χ4n) is 5.61. The Balaban J connectivity index is 1.62.